The normalized spacial score (nSPS) is 15.6. The minimum atomic E-state index is -0.233. The van der Waals surface area contributed by atoms with E-state index in [-0.39, 0.29) is 23.0 Å². The summed E-state index contributed by atoms with van der Waals surface area (Å²) >= 11 is 5.75. The van der Waals surface area contributed by atoms with E-state index in [0.717, 1.165) is 16.8 Å². The molecule has 4 heteroatoms. The van der Waals surface area contributed by atoms with E-state index in [4.69, 9.17) is 11.6 Å². The molecule has 0 aliphatic carbocycles. The molecule has 0 radical (unpaired) electrons. The van der Waals surface area contributed by atoms with Crippen LogP contribution in [0.4, 0.5) is 10.1 Å². The molecule has 0 aromatic heterocycles. The Kier molecular flexibility index (Phi) is 4.15. The Balaban J connectivity index is 1.94. The van der Waals surface area contributed by atoms with Gasteiger partial charge < -0.3 is 4.90 Å². The Morgan fingerprint density at radius 3 is 2.48 bits per heavy atom. The Hall–Kier alpha value is -1.87. The molecule has 1 heterocycles. The number of nitrogens with zero attached hydrogens (tertiary/aromatic N) is 1. The first-order valence-electron chi connectivity index (χ1n) is 7.65. The average Bonchev–Trinajstić information content (AvgIpc) is 2.80. The lowest BCUT2D eigenvalue weighted by Gasteiger charge is -2.19. The SMILES string of the molecule is CC1(C)CN(C(=O)CCl)c2cc(Cc3ccc(F)cc3)ccc21. The van der Waals surface area contributed by atoms with E-state index >= 15 is 0 Å². The van der Waals surface area contributed by atoms with E-state index in [2.05, 4.69) is 32.0 Å². The second kappa shape index (κ2) is 5.97. The Morgan fingerprint density at radius 2 is 1.83 bits per heavy atom. The van der Waals surface area contributed by atoms with Gasteiger partial charge in [0.1, 0.15) is 11.7 Å². The molecule has 1 aliphatic heterocycles. The summed E-state index contributed by atoms with van der Waals surface area (Å²) in [6, 6.07) is 12.7. The van der Waals surface area contributed by atoms with Crippen LogP contribution in [0.25, 0.3) is 0 Å². The maximum Gasteiger partial charge on any atom is 0.241 e. The predicted octanol–water partition coefficient (Wildman–Crippen LogP) is 4.28. The van der Waals surface area contributed by atoms with Gasteiger partial charge in [-0.25, -0.2) is 4.39 Å². The molecule has 0 fully saturated rings. The number of hydrogen-bond donors (Lipinski definition) is 0. The molecule has 2 aromatic rings. The lowest BCUT2D eigenvalue weighted by atomic mass is 9.86. The molecule has 1 amide bonds. The van der Waals surface area contributed by atoms with E-state index < -0.39 is 0 Å². The fourth-order valence-electron chi connectivity index (χ4n) is 3.18. The van der Waals surface area contributed by atoms with Crippen molar-refractivity contribution in [3.63, 3.8) is 0 Å². The number of anilines is 1. The molecule has 0 saturated carbocycles. The molecule has 23 heavy (non-hydrogen) atoms. The third-order valence-electron chi connectivity index (χ3n) is 4.37. The van der Waals surface area contributed by atoms with Crippen molar-refractivity contribution in [3.8, 4) is 0 Å². The summed E-state index contributed by atoms with van der Waals surface area (Å²) in [4.78, 5) is 13.9. The van der Waals surface area contributed by atoms with Crippen LogP contribution < -0.4 is 4.90 Å². The van der Waals surface area contributed by atoms with Crippen LogP contribution in [-0.2, 0) is 16.6 Å². The van der Waals surface area contributed by atoms with E-state index in [1.165, 1.54) is 17.7 Å². The molecular weight excluding hydrogens is 313 g/mol. The van der Waals surface area contributed by atoms with Crippen LogP contribution >= 0.6 is 11.6 Å². The third-order valence-corrected chi connectivity index (χ3v) is 4.60. The van der Waals surface area contributed by atoms with Gasteiger partial charge in [-0.2, -0.15) is 0 Å². The average molecular weight is 332 g/mol. The first-order chi connectivity index (χ1) is 10.9. The number of carbonyl (C=O) groups excluding carboxylic acids is 1. The van der Waals surface area contributed by atoms with Crippen LogP contribution in [0, 0.1) is 5.82 Å². The minimum Gasteiger partial charge on any atom is -0.310 e. The lowest BCUT2D eigenvalue weighted by Crippen LogP contribution is -2.34. The third kappa shape index (κ3) is 3.11. The number of benzene rings is 2. The first kappa shape index (κ1) is 16.0. The molecule has 0 saturated heterocycles. The minimum absolute atomic E-state index is 0.0162. The van der Waals surface area contributed by atoms with Crippen molar-refractivity contribution < 1.29 is 9.18 Å². The highest BCUT2D eigenvalue weighted by molar-refractivity contribution is 6.29. The van der Waals surface area contributed by atoms with Gasteiger partial charge in [0, 0.05) is 17.6 Å². The fourth-order valence-corrected chi connectivity index (χ4v) is 3.33. The van der Waals surface area contributed by atoms with Crippen molar-refractivity contribution in [2.24, 2.45) is 0 Å². The predicted molar refractivity (Wildman–Crippen MR) is 91.7 cm³/mol. The number of amides is 1. The van der Waals surface area contributed by atoms with Gasteiger partial charge in [0.15, 0.2) is 0 Å². The Bertz CT molecular complexity index is 740. The molecule has 2 nitrogen and oxygen atoms in total. The number of carbonyl (C=O) groups is 1. The highest BCUT2D eigenvalue weighted by atomic mass is 35.5. The highest BCUT2D eigenvalue weighted by Gasteiger charge is 2.37. The van der Waals surface area contributed by atoms with Gasteiger partial charge in [-0.05, 0) is 41.3 Å². The number of alkyl halides is 1. The lowest BCUT2D eigenvalue weighted by molar-refractivity contribution is -0.116. The van der Waals surface area contributed by atoms with Crippen LogP contribution in [0.2, 0.25) is 0 Å². The summed E-state index contributed by atoms with van der Waals surface area (Å²) in [7, 11) is 0. The van der Waals surface area contributed by atoms with Gasteiger partial charge in [0.2, 0.25) is 5.91 Å². The number of hydrogen-bond acceptors (Lipinski definition) is 1. The number of rotatable bonds is 3. The summed E-state index contributed by atoms with van der Waals surface area (Å²) in [5, 5.41) is 0. The maximum absolute atomic E-state index is 13.0. The zero-order valence-corrected chi connectivity index (χ0v) is 14.0. The van der Waals surface area contributed by atoms with Crippen molar-refractivity contribution >= 4 is 23.2 Å². The van der Waals surface area contributed by atoms with Crippen LogP contribution in [0.1, 0.15) is 30.5 Å². The van der Waals surface area contributed by atoms with Crippen molar-refractivity contribution in [2.75, 3.05) is 17.3 Å². The summed E-state index contributed by atoms with van der Waals surface area (Å²) in [5.41, 5.74) is 4.17. The summed E-state index contributed by atoms with van der Waals surface area (Å²) in [6.07, 6.45) is 0.705. The van der Waals surface area contributed by atoms with Gasteiger partial charge >= 0.3 is 0 Å². The van der Waals surface area contributed by atoms with Gasteiger partial charge in [0.25, 0.3) is 0 Å². The molecule has 0 unspecified atom stereocenters. The standard InChI is InChI=1S/C19H19ClFNO/c1-19(2)12-22(18(23)11-20)17-10-14(5-8-16(17)19)9-13-3-6-15(21)7-4-13/h3-8,10H,9,11-12H2,1-2H3. The monoisotopic (exact) mass is 331 g/mol. The smallest absolute Gasteiger partial charge is 0.241 e. The van der Waals surface area contributed by atoms with Crippen molar-refractivity contribution in [3.05, 3.63) is 65.0 Å². The van der Waals surface area contributed by atoms with Crippen LogP contribution in [0.3, 0.4) is 0 Å². The molecule has 0 bridgehead atoms. The highest BCUT2D eigenvalue weighted by Crippen LogP contribution is 2.41. The van der Waals surface area contributed by atoms with E-state index in [0.29, 0.717) is 13.0 Å². The molecule has 0 spiro atoms. The van der Waals surface area contributed by atoms with Gasteiger partial charge in [-0.15, -0.1) is 11.6 Å². The van der Waals surface area contributed by atoms with Gasteiger partial charge in [0.05, 0.1) is 0 Å². The summed E-state index contributed by atoms with van der Waals surface area (Å²) < 4.78 is 13.0. The number of fused-ring (bicyclic) bond motifs is 1. The first-order valence-corrected chi connectivity index (χ1v) is 8.18. The molecule has 120 valence electrons. The molecule has 1 aliphatic rings. The quantitative estimate of drug-likeness (QED) is 0.769. The van der Waals surface area contributed by atoms with Gasteiger partial charge in [-0.3, -0.25) is 4.79 Å². The molecular formula is C19H19ClFNO. The summed E-state index contributed by atoms with van der Waals surface area (Å²) in [5.74, 6) is -0.321. The fraction of sp³-hybridized carbons (Fsp3) is 0.316. The van der Waals surface area contributed by atoms with Crippen molar-refractivity contribution in [2.45, 2.75) is 25.7 Å². The van der Waals surface area contributed by atoms with E-state index in [9.17, 15) is 9.18 Å². The second-order valence-corrected chi connectivity index (χ2v) is 6.92. The summed E-state index contributed by atoms with van der Waals surface area (Å²) in [6.45, 7) is 4.91. The van der Waals surface area contributed by atoms with Crippen LogP contribution in [-0.4, -0.2) is 18.3 Å². The second-order valence-electron chi connectivity index (χ2n) is 6.65. The topological polar surface area (TPSA) is 20.3 Å². The maximum atomic E-state index is 13.0. The Morgan fingerprint density at radius 1 is 1.17 bits per heavy atom. The molecule has 0 atom stereocenters. The molecule has 2 aromatic carbocycles. The van der Waals surface area contributed by atoms with Crippen molar-refractivity contribution in [1.29, 1.82) is 0 Å². The zero-order valence-electron chi connectivity index (χ0n) is 13.3. The molecule has 3 rings (SSSR count). The number of halogens is 2. The van der Waals surface area contributed by atoms with E-state index in [1.807, 2.05) is 0 Å². The van der Waals surface area contributed by atoms with Crippen LogP contribution in [0.5, 0.6) is 0 Å². The zero-order chi connectivity index (χ0) is 16.6. The Labute approximate surface area is 140 Å². The molecule has 0 N–H and O–H groups in total. The van der Waals surface area contributed by atoms with Crippen LogP contribution in [0.15, 0.2) is 42.5 Å². The van der Waals surface area contributed by atoms with E-state index in [1.54, 1.807) is 17.0 Å². The van der Waals surface area contributed by atoms with Crippen molar-refractivity contribution in [1.82, 2.24) is 0 Å². The van der Waals surface area contributed by atoms with Gasteiger partial charge in [-0.1, -0.05) is 38.1 Å². The largest absolute Gasteiger partial charge is 0.310 e.